The van der Waals surface area contributed by atoms with E-state index in [-0.39, 0.29) is 59.3 Å². The third kappa shape index (κ3) is 6.24. The molecular formula is C28H43N5O5S. The first-order valence-corrected chi connectivity index (χ1v) is 15.9. The van der Waals surface area contributed by atoms with Crippen LogP contribution in [0.2, 0.25) is 0 Å². The number of hydrogen-bond acceptors (Lipinski definition) is 6. The molecule has 0 bridgehead atoms. The SMILES string of the molecule is CCS(=O)(=O)N(C1CCCCC1)[C@@H](C)C(=O)N1[C@H](C(=O)NCc2ccc(C(=N)N)c(O)c2)C[C@@H]2CCCC[C@@H]21. The van der Waals surface area contributed by atoms with Crippen LogP contribution in [0.5, 0.6) is 5.75 Å². The molecule has 0 aromatic heterocycles. The average molecular weight is 562 g/mol. The van der Waals surface area contributed by atoms with Gasteiger partial charge in [0.2, 0.25) is 21.8 Å². The minimum absolute atomic E-state index is 0.0631. The molecule has 1 aromatic carbocycles. The molecule has 0 radical (unpaired) electrons. The molecule has 4 rings (SSSR count). The summed E-state index contributed by atoms with van der Waals surface area (Å²) in [6, 6.07) is 2.89. The maximum absolute atomic E-state index is 14.2. The lowest BCUT2D eigenvalue weighted by molar-refractivity contribution is -0.144. The second-order valence-corrected chi connectivity index (χ2v) is 13.5. The highest BCUT2D eigenvalue weighted by molar-refractivity contribution is 7.89. The number of carbonyl (C=O) groups is 2. The molecule has 1 heterocycles. The maximum Gasteiger partial charge on any atom is 0.243 e. The zero-order valence-corrected chi connectivity index (χ0v) is 23.9. The van der Waals surface area contributed by atoms with Crippen molar-refractivity contribution in [1.82, 2.24) is 14.5 Å². The van der Waals surface area contributed by atoms with Crippen molar-refractivity contribution in [3.8, 4) is 5.75 Å². The summed E-state index contributed by atoms with van der Waals surface area (Å²) in [5, 5.41) is 20.6. The predicted molar refractivity (Wildman–Crippen MR) is 150 cm³/mol. The van der Waals surface area contributed by atoms with Crippen LogP contribution in [0.3, 0.4) is 0 Å². The number of carbonyl (C=O) groups excluding carboxylic acids is 2. The minimum Gasteiger partial charge on any atom is -0.507 e. The quantitative estimate of drug-likeness (QED) is 0.268. The van der Waals surface area contributed by atoms with Crippen molar-refractivity contribution in [1.29, 1.82) is 5.41 Å². The second kappa shape index (κ2) is 12.2. The van der Waals surface area contributed by atoms with Gasteiger partial charge in [0.15, 0.2) is 0 Å². The number of phenolic OH excluding ortho intramolecular Hbond substituents is 1. The predicted octanol–water partition coefficient (Wildman–Crippen LogP) is 2.83. The Morgan fingerprint density at radius 1 is 1.15 bits per heavy atom. The molecule has 2 saturated carbocycles. The summed E-state index contributed by atoms with van der Waals surface area (Å²) in [4.78, 5) is 29.4. The Labute approximate surface area is 231 Å². The van der Waals surface area contributed by atoms with Crippen molar-refractivity contribution in [2.45, 2.75) is 109 Å². The summed E-state index contributed by atoms with van der Waals surface area (Å²) >= 11 is 0. The molecule has 3 aliphatic rings. The van der Waals surface area contributed by atoms with Crippen molar-refractivity contribution in [3.63, 3.8) is 0 Å². The Bertz CT molecular complexity index is 1180. The number of likely N-dealkylation sites (tertiary alicyclic amines) is 1. The van der Waals surface area contributed by atoms with E-state index in [1.807, 2.05) is 0 Å². The van der Waals surface area contributed by atoms with Crippen LogP contribution in [-0.2, 0) is 26.2 Å². The number of amides is 2. The monoisotopic (exact) mass is 561 g/mol. The number of hydrogen-bond donors (Lipinski definition) is 4. The van der Waals surface area contributed by atoms with Gasteiger partial charge in [-0.2, -0.15) is 4.31 Å². The Kier molecular flexibility index (Phi) is 9.21. The Morgan fingerprint density at radius 3 is 2.46 bits per heavy atom. The lowest BCUT2D eigenvalue weighted by Crippen LogP contribution is -2.58. The standard InChI is InChI=1S/C28H43N5O5S/c1-3-39(37,38)33(21-10-5-4-6-11-21)18(2)28(36)32-23-12-8-7-9-20(23)16-24(32)27(35)31-17-19-13-14-22(26(29)30)25(34)15-19/h13-15,18,20-21,23-24,34H,3-12,16-17H2,1-2H3,(H3,29,30)(H,31,35)/t18-,20-,23-,24-/m0/s1. The Morgan fingerprint density at radius 2 is 1.82 bits per heavy atom. The van der Waals surface area contributed by atoms with Crippen LogP contribution in [0.4, 0.5) is 0 Å². The molecular weight excluding hydrogens is 518 g/mol. The van der Waals surface area contributed by atoms with Gasteiger partial charge in [0.25, 0.3) is 0 Å². The molecule has 1 aromatic rings. The van der Waals surface area contributed by atoms with Gasteiger partial charge < -0.3 is 21.1 Å². The van der Waals surface area contributed by atoms with Gasteiger partial charge in [-0.15, -0.1) is 0 Å². The molecule has 2 amide bonds. The highest BCUT2D eigenvalue weighted by Gasteiger charge is 2.50. The molecule has 0 spiro atoms. The van der Waals surface area contributed by atoms with Gasteiger partial charge in [0, 0.05) is 18.6 Å². The molecule has 10 nitrogen and oxygen atoms in total. The third-order valence-electron chi connectivity index (χ3n) is 8.82. The molecule has 1 saturated heterocycles. The summed E-state index contributed by atoms with van der Waals surface area (Å²) in [6.45, 7) is 3.45. The van der Waals surface area contributed by atoms with E-state index in [1.54, 1.807) is 24.8 Å². The zero-order chi connectivity index (χ0) is 28.3. The molecule has 11 heteroatoms. The van der Waals surface area contributed by atoms with Crippen LogP contribution in [-0.4, -0.2) is 70.3 Å². The maximum atomic E-state index is 14.2. The second-order valence-electron chi connectivity index (χ2n) is 11.3. The number of nitrogens with one attached hydrogen (secondary N) is 2. The number of fused-ring (bicyclic) bond motifs is 1. The number of rotatable bonds is 9. The molecule has 216 valence electrons. The smallest absolute Gasteiger partial charge is 0.243 e. The van der Waals surface area contributed by atoms with Gasteiger partial charge in [-0.1, -0.05) is 38.2 Å². The summed E-state index contributed by atoms with van der Waals surface area (Å²) < 4.78 is 27.9. The zero-order valence-electron chi connectivity index (χ0n) is 23.1. The first kappa shape index (κ1) is 29.3. The fourth-order valence-electron chi connectivity index (χ4n) is 6.83. The topological polar surface area (TPSA) is 157 Å². The van der Waals surface area contributed by atoms with Crippen molar-refractivity contribution in [3.05, 3.63) is 29.3 Å². The molecule has 1 aliphatic heterocycles. The van der Waals surface area contributed by atoms with E-state index in [0.717, 1.165) is 57.8 Å². The normalized spacial score (nSPS) is 24.8. The number of nitrogens with zero attached hydrogens (tertiary/aromatic N) is 2. The fraction of sp³-hybridized carbons (Fsp3) is 0.679. The van der Waals surface area contributed by atoms with Gasteiger partial charge in [-0.25, -0.2) is 8.42 Å². The third-order valence-corrected chi connectivity index (χ3v) is 10.8. The van der Waals surface area contributed by atoms with Crippen LogP contribution in [0.1, 0.15) is 89.2 Å². The van der Waals surface area contributed by atoms with E-state index in [2.05, 4.69) is 5.32 Å². The first-order valence-electron chi connectivity index (χ1n) is 14.3. The van der Waals surface area contributed by atoms with E-state index in [4.69, 9.17) is 11.1 Å². The van der Waals surface area contributed by atoms with Crippen molar-refractivity contribution in [2.24, 2.45) is 11.7 Å². The van der Waals surface area contributed by atoms with Gasteiger partial charge >= 0.3 is 0 Å². The van der Waals surface area contributed by atoms with E-state index in [1.165, 1.54) is 16.4 Å². The van der Waals surface area contributed by atoms with Gasteiger partial charge in [-0.05, 0) is 69.6 Å². The largest absolute Gasteiger partial charge is 0.507 e. The number of benzene rings is 1. The van der Waals surface area contributed by atoms with Gasteiger partial charge in [0.05, 0.1) is 11.3 Å². The van der Waals surface area contributed by atoms with Crippen LogP contribution in [0.25, 0.3) is 0 Å². The summed E-state index contributed by atoms with van der Waals surface area (Å²) in [5.41, 5.74) is 6.34. The highest BCUT2D eigenvalue weighted by Crippen LogP contribution is 2.41. The summed E-state index contributed by atoms with van der Waals surface area (Å²) in [6.07, 6.45) is 8.85. The van der Waals surface area contributed by atoms with Crippen molar-refractivity contribution < 1.29 is 23.1 Å². The molecule has 4 atom stereocenters. The van der Waals surface area contributed by atoms with Gasteiger partial charge in [0.1, 0.15) is 23.7 Å². The summed E-state index contributed by atoms with van der Waals surface area (Å²) in [7, 11) is -3.62. The molecule has 39 heavy (non-hydrogen) atoms. The minimum atomic E-state index is -3.62. The lowest BCUT2D eigenvalue weighted by atomic mass is 9.84. The number of nitrogen functional groups attached to an aromatic ring is 1. The number of nitrogens with two attached hydrogens (primary N) is 1. The number of amidine groups is 1. The van der Waals surface area contributed by atoms with E-state index in [0.29, 0.717) is 12.0 Å². The van der Waals surface area contributed by atoms with Crippen LogP contribution in [0.15, 0.2) is 18.2 Å². The first-order chi connectivity index (χ1) is 18.5. The van der Waals surface area contributed by atoms with Crippen LogP contribution >= 0.6 is 0 Å². The van der Waals surface area contributed by atoms with E-state index < -0.39 is 22.1 Å². The lowest BCUT2D eigenvalue weighted by Gasteiger charge is -2.41. The summed E-state index contributed by atoms with van der Waals surface area (Å²) in [5.74, 6) is -0.778. The van der Waals surface area contributed by atoms with Crippen molar-refractivity contribution in [2.75, 3.05) is 5.75 Å². The van der Waals surface area contributed by atoms with Gasteiger partial charge in [-0.3, -0.25) is 15.0 Å². The highest BCUT2D eigenvalue weighted by atomic mass is 32.2. The van der Waals surface area contributed by atoms with E-state index in [9.17, 15) is 23.1 Å². The van der Waals surface area contributed by atoms with Crippen molar-refractivity contribution >= 4 is 27.7 Å². The Balaban J connectivity index is 1.55. The molecule has 3 fully saturated rings. The molecule has 5 N–H and O–H groups in total. The van der Waals surface area contributed by atoms with Crippen LogP contribution in [0, 0.1) is 11.3 Å². The average Bonchev–Trinajstić information content (AvgIpc) is 3.31. The number of phenols is 1. The van der Waals surface area contributed by atoms with Crippen LogP contribution < -0.4 is 11.1 Å². The number of sulfonamides is 1. The molecule has 2 aliphatic carbocycles. The fourth-order valence-corrected chi connectivity index (χ4v) is 8.36. The number of aromatic hydroxyl groups is 1. The molecule has 0 unspecified atom stereocenters. The van der Waals surface area contributed by atoms with E-state index >= 15 is 0 Å². The Hall–Kier alpha value is -2.66.